The lowest BCUT2D eigenvalue weighted by Gasteiger charge is -2.36. The number of nitrogens with zero attached hydrogens (tertiary/aromatic N) is 2. The Bertz CT molecular complexity index is 1000. The highest BCUT2D eigenvalue weighted by molar-refractivity contribution is 7.80. The molecule has 0 unspecified atom stereocenters. The van der Waals surface area contributed by atoms with Gasteiger partial charge in [-0.2, -0.15) is 0 Å². The van der Waals surface area contributed by atoms with Gasteiger partial charge in [0.25, 0.3) is 5.91 Å². The third-order valence-corrected chi connectivity index (χ3v) is 5.58. The largest absolute Gasteiger partial charge is 0.369 e. The van der Waals surface area contributed by atoms with Gasteiger partial charge >= 0.3 is 0 Å². The van der Waals surface area contributed by atoms with E-state index < -0.39 is 0 Å². The predicted octanol–water partition coefficient (Wildman–Crippen LogP) is 4.14. The summed E-state index contributed by atoms with van der Waals surface area (Å²) in [4.78, 5) is 17.1. The molecule has 1 fully saturated rings. The molecule has 3 aromatic rings. The van der Waals surface area contributed by atoms with Crippen molar-refractivity contribution in [3.8, 4) is 0 Å². The van der Waals surface area contributed by atoms with Gasteiger partial charge in [0.05, 0.1) is 0 Å². The predicted molar refractivity (Wildman–Crippen MR) is 131 cm³/mol. The standard InChI is InChI=1S/C25H26N4OS/c30-24(21-9-5-2-6-10-21)27-25(31)26-22-11-13-23(14-12-22)29-17-15-28(16-18-29)19-20-7-3-1-4-8-20/h1-14H,15-19H2,(H2,26,27,30,31). The van der Waals surface area contributed by atoms with Crippen LogP contribution in [0.25, 0.3) is 0 Å². The maximum Gasteiger partial charge on any atom is 0.257 e. The first-order chi connectivity index (χ1) is 15.2. The normalized spacial score (nSPS) is 14.1. The van der Waals surface area contributed by atoms with Crippen molar-refractivity contribution in [3.05, 3.63) is 96.1 Å². The van der Waals surface area contributed by atoms with Gasteiger partial charge in [-0.15, -0.1) is 0 Å². The maximum atomic E-state index is 12.2. The minimum atomic E-state index is -0.219. The molecule has 2 N–H and O–H groups in total. The molecule has 6 heteroatoms. The average Bonchev–Trinajstić information content (AvgIpc) is 2.81. The lowest BCUT2D eigenvalue weighted by atomic mass is 10.2. The molecule has 0 spiro atoms. The smallest absolute Gasteiger partial charge is 0.257 e. The lowest BCUT2D eigenvalue weighted by molar-refractivity contribution is 0.0977. The summed E-state index contributed by atoms with van der Waals surface area (Å²) in [6.07, 6.45) is 0. The molecule has 31 heavy (non-hydrogen) atoms. The van der Waals surface area contributed by atoms with Crippen LogP contribution in [0.3, 0.4) is 0 Å². The molecule has 3 aromatic carbocycles. The van der Waals surface area contributed by atoms with E-state index in [-0.39, 0.29) is 11.0 Å². The van der Waals surface area contributed by atoms with Crippen molar-refractivity contribution in [3.63, 3.8) is 0 Å². The molecule has 1 saturated heterocycles. The molecule has 1 heterocycles. The second-order valence-electron chi connectivity index (χ2n) is 7.57. The molecule has 1 amide bonds. The number of anilines is 2. The Labute approximate surface area is 188 Å². The third-order valence-electron chi connectivity index (χ3n) is 5.37. The molecule has 5 nitrogen and oxygen atoms in total. The van der Waals surface area contributed by atoms with E-state index in [2.05, 4.69) is 62.9 Å². The van der Waals surface area contributed by atoms with Crippen LogP contribution in [0.1, 0.15) is 15.9 Å². The van der Waals surface area contributed by atoms with Crippen LogP contribution in [0.4, 0.5) is 11.4 Å². The Hall–Kier alpha value is -3.22. The molecule has 1 aliphatic rings. The van der Waals surface area contributed by atoms with Gasteiger partial charge < -0.3 is 10.2 Å². The molecule has 0 bridgehead atoms. The Morgan fingerprint density at radius 3 is 2.06 bits per heavy atom. The fourth-order valence-corrected chi connectivity index (χ4v) is 3.90. The average molecular weight is 431 g/mol. The Balaban J connectivity index is 1.26. The number of carbonyl (C=O) groups is 1. The zero-order chi connectivity index (χ0) is 21.5. The maximum absolute atomic E-state index is 12.2. The van der Waals surface area contributed by atoms with Crippen LogP contribution in [-0.2, 0) is 6.54 Å². The van der Waals surface area contributed by atoms with Gasteiger partial charge in [0.15, 0.2) is 5.11 Å². The van der Waals surface area contributed by atoms with E-state index in [0.29, 0.717) is 5.56 Å². The second-order valence-corrected chi connectivity index (χ2v) is 7.98. The van der Waals surface area contributed by atoms with E-state index in [0.717, 1.165) is 38.4 Å². The number of piperazine rings is 1. The van der Waals surface area contributed by atoms with Gasteiger partial charge in [0.1, 0.15) is 0 Å². The van der Waals surface area contributed by atoms with E-state index >= 15 is 0 Å². The first-order valence-electron chi connectivity index (χ1n) is 10.5. The summed E-state index contributed by atoms with van der Waals surface area (Å²) >= 11 is 5.28. The Morgan fingerprint density at radius 1 is 0.806 bits per heavy atom. The number of hydrogen-bond acceptors (Lipinski definition) is 4. The molecular formula is C25H26N4OS. The number of benzene rings is 3. The van der Waals surface area contributed by atoms with Crippen LogP contribution in [0, 0.1) is 0 Å². The molecule has 0 radical (unpaired) electrons. The van der Waals surface area contributed by atoms with Gasteiger partial charge in [-0.1, -0.05) is 48.5 Å². The minimum absolute atomic E-state index is 0.219. The van der Waals surface area contributed by atoms with Crippen molar-refractivity contribution < 1.29 is 4.79 Å². The highest BCUT2D eigenvalue weighted by Gasteiger charge is 2.17. The molecule has 1 aliphatic heterocycles. The van der Waals surface area contributed by atoms with Crippen molar-refractivity contribution >= 4 is 34.6 Å². The van der Waals surface area contributed by atoms with Crippen LogP contribution >= 0.6 is 12.2 Å². The van der Waals surface area contributed by atoms with Crippen molar-refractivity contribution in [2.45, 2.75) is 6.54 Å². The quantitative estimate of drug-likeness (QED) is 0.596. The van der Waals surface area contributed by atoms with Gasteiger partial charge in [0.2, 0.25) is 0 Å². The Morgan fingerprint density at radius 2 is 1.42 bits per heavy atom. The molecule has 0 atom stereocenters. The highest BCUT2D eigenvalue weighted by Crippen LogP contribution is 2.20. The summed E-state index contributed by atoms with van der Waals surface area (Å²) < 4.78 is 0. The van der Waals surface area contributed by atoms with Gasteiger partial charge in [-0.3, -0.25) is 15.0 Å². The molecule has 4 rings (SSSR count). The van der Waals surface area contributed by atoms with E-state index in [4.69, 9.17) is 12.2 Å². The number of thiocarbonyl (C=S) groups is 1. The molecule has 0 saturated carbocycles. The van der Waals surface area contributed by atoms with Crippen LogP contribution < -0.4 is 15.5 Å². The van der Waals surface area contributed by atoms with Crippen LogP contribution in [0.5, 0.6) is 0 Å². The summed E-state index contributed by atoms with van der Waals surface area (Å²) in [5.74, 6) is -0.219. The molecular weight excluding hydrogens is 404 g/mol. The number of nitrogens with one attached hydrogen (secondary N) is 2. The summed E-state index contributed by atoms with van der Waals surface area (Å²) in [5.41, 5.74) is 3.99. The monoisotopic (exact) mass is 430 g/mol. The topological polar surface area (TPSA) is 47.6 Å². The van der Waals surface area contributed by atoms with Gasteiger partial charge in [-0.05, 0) is 54.2 Å². The summed E-state index contributed by atoms with van der Waals surface area (Å²) in [6, 6.07) is 27.8. The van der Waals surface area contributed by atoms with Crippen molar-refractivity contribution in [2.75, 3.05) is 36.4 Å². The summed E-state index contributed by atoms with van der Waals surface area (Å²) in [7, 11) is 0. The van der Waals surface area contributed by atoms with Gasteiger partial charge in [0, 0.05) is 49.7 Å². The molecule has 0 aromatic heterocycles. The third kappa shape index (κ3) is 5.90. The summed E-state index contributed by atoms with van der Waals surface area (Å²) in [6.45, 7) is 5.11. The van der Waals surface area contributed by atoms with E-state index in [1.54, 1.807) is 12.1 Å². The number of amides is 1. The number of carbonyl (C=O) groups excluding carboxylic acids is 1. The van der Waals surface area contributed by atoms with Crippen LogP contribution in [0.2, 0.25) is 0 Å². The van der Waals surface area contributed by atoms with Crippen molar-refractivity contribution in [1.29, 1.82) is 0 Å². The first kappa shape index (κ1) is 21.0. The minimum Gasteiger partial charge on any atom is -0.369 e. The second kappa shape index (κ2) is 10.2. The van der Waals surface area contributed by atoms with Crippen LogP contribution in [0.15, 0.2) is 84.9 Å². The highest BCUT2D eigenvalue weighted by atomic mass is 32.1. The number of rotatable bonds is 5. The first-order valence-corrected chi connectivity index (χ1v) is 10.9. The zero-order valence-corrected chi connectivity index (χ0v) is 18.1. The fraction of sp³-hybridized carbons (Fsp3) is 0.200. The number of hydrogen-bond donors (Lipinski definition) is 2. The van der Waals surface area contributed by atoms with E-state index in [9.17, 15) is 4.79 Å². The summed E-state index contributed by atoms with van der Waals surface area (Å²) in [5, 5.41) is 6.08. The van der Waals surface area contributed by atoms with E-state index in [1.165, 1.54) is 11.3 Å². The zero-order valence-electron chi connectivity index (χ0n) is 17.3. The van der Waals surface area contributed by atoms with Crippen molar-refractivity contribution in [2.24, 2.45) is 0 Å². The van der Waals surface area contributed by atoms with Crippen molar-refractivity contribution in [1.82, 2.24) is 10.2 Å². The van der Waals surface area contributed by atoms with Crippen LogP contribution in [-0.4, -0.2) is 42.1 Å². The van der Waals surface area contributed by atoms with E-state index in [1.807, 2.05) is 30.3 Å². The Kier molecular flexibility index (Phi) is 6.92. The SMILES string of the molecule is O=C(NC(=S)Nc1ccc(N2CCN(Cc3ccccc3)CC2)cc1)c1ccccc1. The van der Waals surface area contributed by atoms with Gasteiger partial charge in [-0.25, -0.2) is 0 Å². The lowest BCUT2D eigenvalue weighted by Crippen LogP contribution is -2.45. The molecule has 0 aliphatic carbocycles. The fourth-order valence-electron chi connectivity index (χ4n) is 3.69. The molecule has 158 valence electrons.